The topological polar surface area (TPSA) is 64.3 Å². The Bertz CT molecular complexity index is 728. The van der Waals surface area contributed by atoms with E-state index in [4.69, 9.17) is 22.1 Å². The van der Waals surface area contributed by atoms with Gasteiger partial charge in [0, 0.05) is 18.1 Å². The van der Waals surface area contributed by atoms with Crippen LogP contribution in [0.15, 0.2) is 18.5 Å². The van der Waals surface area contributed by atoms with Crippen molar-refractivity contribution in [1.82, 2.24) is 9.97 Å². The molecule has 0 aliphatic heterocycles. The van der Waals surface area contributed by atoms with Crippen LogP contribution in [0.3, 0.4) is 0 Å². The lowest BCUT2D eigenvalue weighted by molar-refractivity contribution is 0.462. The Morgan fingerprint density at radius 1 is 1.04 bits per heavy atom. The molecule has 5 nitrogen and oxygen atoms in total. The highest BCUT2D eigenvalue weighted by Gasteiger charge is 2.19. The Kier molecular flexibility index (Phi) is 6.70. The molecule has 1 heterocycles. The highest BCUT2D eigenvalue weighted by atomic mass is 35.5. The molecule has 6 heteroatoms. The molecule has 0 saturated heterocycles. The number of aryl methyl sites for hydroxylation is 2. The maximum absolute atomic E-state index is 6.37. The summed E-state index contributed by atoms with van der Waals surface area (Å²) in [6.45, 7) is 14.4. The predicted octanol–water partition coefficient (Wildman–Crippen LogP) is 5.24. The third kappa shape index (κ3) is 5.01. The molecule has 0 spiro atoms. The molecular weight excluding hydrogens is 348 g/mol. The number of anilines is 2. The number of halogens is 1. The number of nitrogens with two attached hydrogens (primary N) is 1. The quantitative estimate of drug-likeness (QED) is 0.715. The van der Waals surface area contributed by atoms with Crippen LogP contribution in [0.25, 0.3) is 0 Å². The Labute approximate surface area is 161 Å². The average Bonchev–Trinajstić information content (AvgIpc) is 2.53. The van der Waals surface area contributed by atoms with Gasteiger partial charge in [0.15, 0.2) is 5.82 Å². The molecule has 2 N–H and O–H groups in total. The maximum Gasteiger partial charge on any atom is 0.248 e. The summed E-state index contributed by atoms with van der Waals surface area (Å²) >= 11 is 6.23. The van der Waals surface area contributed by atoms with Crippen molar-refractivity contribution < 1.29 is 4.74 Å². The maximum atomic E-state index is 6.37. The van der Waals surface area contributed by atoms with Crippen LogP contribution in [0.5, 0.6) is 11.6 Å². The molecule has 0 fully saturated rings. The molecule has 0 saturated carbocycles. The van der Waals surface area contributed by atoms with Gasteiger partial charge in [0.25, 0.3) is 0 Å². The number of hydrogen-bond donors (Lipinski definition) is 1. The van der Waals surface area contributed by atoms with Crippen molar-refractivity contribution >= 4 is 23.1 Å². The molecule has 0 bridgehead atoms. The Morgan fingerprint density at radius 2 is 1.58 bits per heavy atom. The second kappa shape index (κ2) is 8.58. The summed E-state index contributed by atoms with van der Waals surface area (Å²) in [6, 6.07) is 3.77. The minimum Gasteiger partial charge on any atom is -0.437 e. The zero-order valence-corrected chi connectivity index (χ0v) is 17.3. The molecule has 0 aliphatic carbocycles. The van der Waals surface area contributed by atoms with Crippen LogP contribution in [0.2, 0.25) is 5.02 Å². The highest BCUT2D eigenvalue weighted by molar-refractivity contribution is 6.32. The standard InChI is InChI=1S/C20H29ClN4O/c1-12(2)9-25(10-13(3)4)19-18(22)20(24-11-23-19)26-16-7-14(5)17(21)15(6)8-16/h7-8,11-13H,9-10,22H2,1-6H3. The van der Waals surface area contributed by atoms with Crippen molar-refractivity contribution in [2.75, 3.05) is 23.7 Å². The summed E-state index contributed by atoms with van der Waals surface area (Å²) in [5.41, 5.74) is 8.74. The first-order valence-corrected chi connectivity index (χ1v) is 9.36. The molecular formula is C20H29ClN4O. The molecule has 2 aromatic rings. The van der Waals surface area contributed by atoms with Crippen LogP contribution >= 0.6 is 11.6 Å². The second-order valence-corrected chi connectivity index (χ2v) is 7.96. The number of rotatable bonds is 7. The average molecular weight is 377 g/mol. The van der Waals surface area contributed by atoms with Gasteiger partial charge in [-0.15, -0.1) is 0 Å². The van der Waals surface area contributed by atoms with E-state index in [2.05, 4.69) is 42.6 Å². The molecule has 0 radical (unpaired) electrons. The van der Waals surface area contributed by atoms with E-state index in [9.17, 15) is 0 Å². The number of nitrogen functional groups attached to an aromatic ring is 1. The second-order valence-electron chi connectivity index (χ2n) is 7.58. The van der Waals surface area contributed by atoms with E-state index >= 15 is 0 Å². The van der Waals surface area contributed by atoms with Crippen molar-refractivity contribution in [2.45, 2.75) is 41.5 Å². The number of nitrogens with zero attached hydrogens (tertiary/aromatic N) is 3. The summed E-state index contributed by atoms with van der Waals surface area (Å²) in [5, 5.41) is 0.744. The Balaban J connectivity index is 2.35. The SMILES string of the molecule is Cc1cc(Oc2ncnc(N(CC(C)C)CC(C)C)c2N)cc(C)c1Cl. The largest absolute Gasteiger partial charge is 0.437 e. The van der Waals surface area contributed by atoms with Crippen molar-refractivity contribution in [3.8, 4) is 11.6 Å². The zero-order valence-electron chi connectivity index (χ0n) is 16.5. The normalized spacial score (nSPS) is 11.3. The van der Waals surface area contributed by atoms with Crippen molar-refractivity contribution in [2.24, 2.45) is 11.8 Å². The fourth-order valence-electron chi connectivity index (χ4n) is 2.91. The zero-order chi connectivity index (χ0) is 19.4. The van der Waals surface area contributed by atoms with Gasteiger partial charge in [-0.3, -0.25) is 0 Å². The summed E-state index contributed by atoms with van der Waals surface area (Å²) in [5.74, 6) is 2.75. The lowest BCUT2D eigenvalue weighted by Gasteiger charge is -2.28. The van der Waals surface area contributed by atoms with Gasteiger partial charge in [0.05, 0.1) is 0 Å². The van der Waals surface area contributed by atoms with E-state index < -0.39 is 0 Å². The fourth-order valence-corrected chi connectivity index (χ4v) is 3.02. The van der Waals surface area contributed by atoms with E-state index in [0.29, 0.717) is 29.2 Å². The van der Waals surface area contributed by atoms with Crippen molar-refractivity contribution in [3.05, 3.63) is 34.6 Å². The molecule has 0 amide bonds. The van der Waals surface area contributed by atoms with E-state index in [1.54, 1.807) is 0 Å². The van der Waals surface area contributed by atoms with E-state index in [1.807, 2.05) is 26.0 Å². The number of benzene rings is 1. The lowest BCUT2D eigenvalue weighted by Crippen LogP contribution is -2.32. The summed E-state index contributed by atoms with van der Waals surface area (Å²) < 4.78 is 5.97. The number of ether oxygens (including phenoxy) is 1. The Morgan fingerprint density at radius 3 is 2.08 bits per heavy atom. The fraction of sp³-hybridized carbons (Fsp3) is 0.500. The lowest BCUT2D eigenvalue weighted by atomic mass is 10.1. The van der Waals surface area contributed by atoms with Gasteiger partial charge in [-0.2, -0.15) is 4.98 Å². The molecule has 0 unspecified atom stereocenters. The smallest absolute Gasteiger partial charge is 0.248 e. The van der Waals surface area contributed by atoms with Crippen LogP contribution in [0, 0.1) is 25.7 Å². The number of hydrogen-bond acceptors (Lipinski definition) is 5. The first kappa shape index (κ1) is 20.3. The monoisotopic (exact) mass is 376 g/mol. The summed E-state index contributed by atoms with van der Waals surface area (Å²) in [4.78, 5) is 10.9. The molecule has 1 aromatic carbocycles. The molecule has 2 rings (SSSR count). The molecule has 1 aromatic heterocycles. The summed E-state index contributed by atoms with van der Waals surface area (Å²) in [7, 11) is 0. The van der Waals surface area contributed by atoms with E-state index in [-0.39, 0.29) is 0 Å². The third-order valence-corrected chi connectivity index (χ3v) is 4.52. The van der Waals surface area contributed by atoms with Gasteiger partial charge in [-0.1, -0.05) is 39.3 Å². The van der Waals surface area contributed by atoms with Gasteiger partial charge in [0.1, 0.15) is 17.8 Å². The minimum atomic E-state index is 0.369. The predicted molar refractivity (Wildman–Crippen MR) is 109 cm³/mol. The molecule has 142 valence electrons. The van der Waals surface area contributed by atoms with Crippen LogP contribution < -0.4 is 15.4 Å². The third-order valence-electron chi connectivity index (χ3n) is 3.92. The van der Waals surface area contributed by atoms with Gasteiger partial charge < -0.3 is 15.4 Å². The van der Waals surface area contributed by atoms with Crippen LogP contribution in [0.4, 0.5) is 11.5 Å². The van der Waals surface area contributed by atoms with Gasteiger partial charge >= 0.3 is 0 Å². The van der Waals surface area contributed by atoms with Crippen molar-refractivity contribution in [3.63, 3.8) is 0 Å². The van der Waals surface area contributed by atoms with Crippen LogP contribution in [0.1, 0.15) is 38.8 Å². The first-order valence-electron chi connectivity index (χ1n) is 8.99. The van der Waals surface area contributed by atoms with Gasteiger partial charge in [-0.25, -0.2) is 4.98 Å². The first-order chi connectivity index (χ1) is 12.2. The van der Waals surface area contributed by atoms with Gasteiger partial charge in [0.2, 0.25) is 5.88 Å². The Hall–Kier alpha value is -2.01. The number of aromatic nitrogens is 2. The van der Waals surface area contributed by atoms with Crippen molar-refractivity contribution in [1.29, 1.82) is 0 Å². The van der Waals surface area contributed by atoms with Crippen LogP contribution in [-0.4, -0.2) is 23.1 Å². The van der Waals surface area contributed by atoms with E-state index in [1.165, 1.54) is 6.33 Å². The minimum absolute atomic E-state index is 0.369. The van der Waals surface area contributed by atoms with Gasteiger partial charge in [-0.05, 0) is 48.9 Å². The van der Waals surface area contributed by atoms with Crippen LogP contribution in [-0.2, 0) is 0 Å². The molecule has 0 aliphatic rings. The van der Waals surface area contributed by atoms with E-state index in [0.717, 1.165) is 35.1 Å². The summed E-state index contributed by atoms with van der Waals surface area (Å²) in [6.07, 6.45) is 1.50. The highest BCUT2D eigenvalue weighted by Crippen LogP contribution is 2.34. The molecule has 26 heavy (non-hydrogen) atoms. The molecule has 0 atom stereocenters.